The summed E-state index contributed by atoms with van der Waals surface area (Å²) in [5, 5.41) is 10.6. The Kier molecular flexibility index (Phi) is 4.58. The quantitative estimate of drug-likeness (QED) is 0.491. The molecule has 3 aromatic rings. The van der Waals surface area contributed by atoms with Gasteiger partial charge < -0.3 is 9.84 Å². The van der Waals surface area contributed by atoms with E-state index in [9.17, 15) is 9.90 Å². The van der Waals surface area contributed by atoms with E-state index in [1.165, 1.54) is 0 Å². The van der Waals surface area contributed by atoms with Gasteiger partial charge in [0.05, 0.1) is 11.1 Å². The van der Waals surface area contributed by atoms with Crippen molar-refractivity contribution in [1.29, 1.82) is 0 Å². The van der Waals surface area contributed by atoms with Crippen molar-refractivity contribution < 1.29 is 14.6 Å². The summed E-state index contributed by atoms with van der Waals surface area (Å²) >= 11 is 6.39. The van der Waals surface area contributed by atoms with Gasteiger partial charge >= 0.3 is 0 Å². The summed E-state index contributed by atoms with van der Waals surface area (Å²) < 4.78 is 6.16. The van der Waals surface area contributed by atoms with Crippen molar-refractivity contribution in [3.8, 4) is 11.5 Å². The Hall–Kier alpha value is -2.98. The standard InChI is InChI=1S/C27H26ClNO3/c1-16-13-20(7-9-23(16)30)29-22-8-6-19(28)15-21(22)27(4,25(29)31)18-5-10-24-17(14-18)11-12-26(2,3)32-24/h5-10,13-15,30H,11-12H2,1-4H3. The molecule has 5 rings (SSSR count). The smallest absolute Gasteiger partial charge is 0.246 e. The number of benzene rings is 3. The monoisotopic (exact) mass is 447 g/mol. The maximum Gasteiger partial charge on any atom is 0.246 e. The zero-order valence-electron chi connectivity index (χ0n) is 18.7. The minimum absolute atomic E-state index is 0.0446. The SMILES string of the molecule is Cc1cc(N2C(=O)C(C)(c3ccc4c(c3)CCC(C)(C)O4)c3cc(Cl)ccc32)ccc1O. The van der Waals surface area contributed by atoms with E-state index < -0.39 is 5.41 Å². The molecule has 3 aromatic carbocycles. The van der Waals surface area contributed by atoms with Crippen molar-refractivity contribution in [1.82, 2.24) is 0 Å². The lowest BCUT2D eigenvalue weighted by atomic mass is 9.76. The van der Waals surface area contributed by atoms with E-state index >= 15 is 0 Å². The summed E-state index contributed by atoms with van der Waals surface area (Å²) in [5.74, 6) is 1.05. The molecule has 0 aromatic heterocycles. The number of aryl methyl sites for hydroxylation is 2. The molecule has 0 fully saturated rings. The molecule has 164 valence electrons. The first-order chi connectivity index (χ1) is 15.1. The summed E-state index contributed by atoms with van der Waals surface area (Å²) in [6.07, 6.45) is 1.83. The summed E-state index contributed by atoms with van der Waals surface area (Å²) in [7, 11) is 0. The Morgan fingerprint density at radius 3 is 2.56 bits per heavy atom. The van der Waals surface area contributed by atoms with Gasteiger partial charge in [0, 0.05) is 10.7 Å². The Bertz CT molecular complexity index is 1270. The van der Waals surface area contributed by atoms with Crippen molar-refractivity contribution in [2.75, 3.05) is 4.90 Å². The van der Waals surface area contributed by atoms with Crippen LogP contribution in [0, 0.1) is 6.92 Å². The number of hydrogen-bond donors (Lipinski definition) is 1. The van der Waals surface area contributed by atoms with E-state index in [1.807, 2.05) is 50.2 Å². The van der Waals surface area contributed by atoms with E-state index in [1.54, 1.807) is 17.0 Å². The number of halogens is 1. The number of ether oxygens (including phenoxy) is 1. The van der Waals surface area contributed by atoms with Crippen LogP contribution < -0.4 is 9.64 Å². The molecule has 2 aliphatic heterocycles. The number of aromatic hydroxyl groups is 1. The number of fused-ring (bicyclic) bond motifs is 2. The molecule has 4 nitrogen and oxygen atoms in total. The molecule has 0 spiro atoms. The third-order valence-electron chi connectivity index (χ3n) is 6.83. The van der Waals surface area contributed by atoms with E-state index in [4.69, 9.17) is 16.3 Å². The van der Waals surface area contributed by atoms with Gasteiger partial charge in [0.15, 0.2) is 0 Å². The Morgan fingerprint density at radius 2 is 1.81 bits per heavy atom. The predicted molar refractivity (Wildman–Crippen MR) is 127 cm³/mol. The van der Waals surface area contributed by atoms with Crippen LogP contribution in [0.25, 0.3) is 0 Å². The first-order valence-electron chi connectivity index (χ1n) is 10.9. The second-order valence-electron chi connectivity index (χ2n) is 9.58. The van der Waals surface area contributed by atoms with Gasteiger partial charge in [-0.05, 0) is 105 Å². The van der Waals surface area contributed by atoms with Gasteiger partial charge in [-0.3, -0.25) is 9.69 Å². The van der Waals surface area contributed by atoms with Crippen LogP contribution in [0.1, 0.15) is 49.4 Å². The topological polar surface area (TPSA) is 49.8 Å². The fraction of sp³-hybridized carbons (Fsp3) is 0.296. The highest BCUT2D eigenvalue weighted by molar-refractivity contribution is 6.31. The largest absolute Gasteiger partial charge is 0.508 e. The highest BCUT2D eigenvalue weighted by Gasteiger charge is 2.49. The van der Waals surface area contributed by atoms with E-state index in [0.717, 1.165) is 46.7 Å². The highest BCUT2D eigenvalue weighted by atomic mass is 35.5. The van der Waals surface area contributed by atoms with Crippen LogP contribution in [0.2, 0.25) is 5.02 Å². The Labute approximate surface area is 193 Å². The number of nitrogens with zero attached hydrogens (tertiary/aromatic N) is 1. The van der Waals surface area contributed by atoms with Crippen molar-refractivity contribution in [2.24, 2.45) is 0 Å². The van der Waals surface area contributed by atoms with Gasteiger partial charge in [0.25, 0.3) is 0 Å². The molecule has 1 amide bonds. The average molecular weight is 448 g/mol. The molecule has 2 aliphatic rings. The first kappa shape index (κ1) is 20.9. The first-order valence-corrected chi connectivity index (χ1v) is 11.2. The second-order valence-corrected chi connectivity index (χ2v) is 10.0. The summed E-state index contributed by atoms with van der Waals surface area (Å²) in [4.78, 5) is 15.8. The lowest BCUT2D eigenvalue weighted by molar-refractivity contribution is -0.120. The molecular weight excluding hydrogens is 422 g/mol. The van der Waals surface area contributed by atoms with Gasteiger partial charge in [-0.1, -0.05) is 23.7 Å². The minimum atomic E-state index is -0.895. The number of anilines is 2. The van der Waals surface area contributed by atoms with Crippen LogP contribution in [-0.2, 0) is 16.6 Å². The van der Waals surface area contributed by atoms with Crippen molar-refractivity contribution in [2.45, 2.75) is 51.6 Å². The number of phenols is 1. The molecular formula is C27H26ClNO3. The Morgan fingerprint density at radius 1 is 1.03 bits per heavy atom. The zero-order valence-corrected chi connectivity index (χ0v) is 19.5. The predicted octanol–water partition coefficient (Wildman–Crippen LogP) is 6.44. The molecule has 5 heteroatoms. The van der Waals surface area contributed by atoms with Gasteiger partial charge in [-0.25, -0.2) is 0 Å². The van der Waals surface area contributed by atoms with Crippen molar-refractivity contribution >= 4 is 28.9 Å². The number of rotatable bonds is 2. The summed E-state index contributed by atoms with van der Waals surface area (Å²) in [6.45, 7) is 7.99. The van der Waals surface area contributed by atoms with Crippen LogP contribution >= 0.6 is 11.6 Å². The average Bonchev–Trinajstić information content (AvgIpc) is 2.97. The van der Waals surface area contributed by atoms with Crippen molar-refractivity contribution in [3.63, 3.8) is 0 Å². The van der Waals surface area contributed by atoms with E-state index in [0.29, 0.717) is 10.6 Å². The van der Waals surface area contributed by atoms with Crippen LogP contribution in [0.3, 0.4) is 0 Å². The van der Waals surface area contributed by atoms with Crippen LogP contribution in [0.15, 0.2) is 54.6 Å². The molecule has 1 N–H and O–H groups in total. The fourth-order valence-electron chi connectivity index (χ4n) is 4.84. The maximum atomic E-state index is 14.1. The number of hydrogen-bond acceptors (Lipinski definition) is 3. The third kappa shape index (κ3) is 3.08. The zero-order chi connectivity index (χ0) is 22.8. The maximum absolute atomic E-state index is 14.1. The second kappa shape index (κ2) is 7.01. The molecule has 1 atom stereocenters. The third-order valence-corrected chi connectivity index (χ3v) is 7.06. The molecule has 2 heterocycles. The molecule has 0 saturated carbocycles. The fourth-order valence-corrected chi connectivity index (χ4v) is 5.01. The molecule has 0 bridgehead atoms. The molecule has 1 unspecified atom stereocenters. The highest BCUT2D eigenvalue weighted by Crippen LogP contribution is 2.51. The summed E-state index contributed by atoms with van der Waals surface area (Å²) in [6, 6.07) is 16.9. The van der Waals surface area contributed by atoms with Crippen molar-refractivity contribution in [3.05, 3.63) is 81.9 Å². The number of carbonyl (C=O) groups is 1. The lowest BCUT2D eigenvalue weighted by Gasteiger charge is -2.34. The number of phenolic OH excluding ortho intramolecular Hbond substituents is 1. The normalized spacial score (nSPS) is 21.2. The van der Waals surface area contributed by atoms with Gasteiger partial charge in [0.1, 0.15) is 17.1 Å². The van der Waals surface area contributed by atoms with Crippen LogP contribution in [0.4, 0.5) is 11.4 Å². The van der Waals surface area contributed by atoms with E-state index in [2.05, 4.69) is 19.9 Å². The van der Waals surface area contributed by atoms with Gasteiger partial charge in [-0.2, -0.15) is 0 Å². The van der Waals surface area contributed by atoms with E-state index in [-0.39, 0.29) is 17.3 Å². The van der Waals surface area contributed by atoms with Crippen LogP contribution in [0.5, 0.6) is 11.5 Å². The molecule has 32 heavy (non-hydrogen) atoms. The molecule has 0 saturated heterocycles. The lowest BCUT2D eigenvalue weighted by Crippen LogP contribution is -2.37. The summed E-state index contributed by atoms with van der Waals surface area (Å²) in [5.41, 5.74) is 4.08. The van der Waals surface area contributed by atoms with Crippen LogP contribution in [-0.4, -0.2) is 16.6 Å². The number of carbonyl (C=O) groups excluding carboxylic acids is 1. The Balaban J connectivity index is 1.67. The number of amides is 1. The molecule has 0 radical (unpaired) electrons. The minimum Gasteiger partial charge on any atom is -0.508 e. The van der Waals surface area contributed by atoms with Gasteiger partial charge in [-0.15, -0.1) is 0 Å². The molecule has 0 aliphatic carbocycles. The van der Waals surface area contributed by atoms with Gasteiger partial charge in [0.2, 0.25) is 5.91 Å².